The number of nitrogens with one attached hydrogen (secondary N) is 1. The highest BCUT2D eigenvalue weighted by atomic mass is 16.3. The Kier molecular flexibility index (Phi) is 4.08. The van der Waals surface area contributed by atoms with Crippen LogP contribution >= 0.6 is 0 Å². The fourth-order valence-corrected chi connectivity index (χ4v) is 3.06. The molecule has 100 valence electrons. The molecule has 0 spiro atoms. The number of aryl methyl sites for hydroxylation is 2. The van der Waals surface area contributed by atoms with Gasteiger partial charge in [0.05, 0.1) is 12.1 Å². The molecule has 1 aliphatic rings. The summed E-state index contributed by atoms with van der Waals surface area (Å²) in [7, 11) is 0. The van der Waals surface area contributed by atoms with Crippen molar-refractivity contribution in [1.29, 1.82) is 0 Å². The minimum atomic E-state index is -0.314. The number of aliphatic hydroxyl groups excluding tert-OH is 1. The molecule has 0 amide bonds. The lowest BCUT2D eigenvalue weighted by Crippen LogP contribution is -2.48. The zero-order valence-corrected chi connectivity index (χ0v) is 11.8. The van der Waals surface area contributed by atoms with Crippen LogP contribution in [0.25, 0.3) is 0 Å². The van der Waals surface area contributed by atoms with Crippen LogP contribution in [0.5, 0.6) is 0 Å². The molecule has 0 aromatic heterocycles. The lowest BCUT2D eigenvalue weighted by molar-refractivity contribution is 0.160. The molecule has 0 aliphatic heterocycles. The second-order valence-electron chi connectivity index (χ2n) is 5.93. The van der Waals surface area contributed by atoms with Crippen molar-refractivity contribution in [1.82, 2.24) is 5.32 Å². The van der Waals surface area contributed by atoms with Gasteiger partial charge in [-0.3, -0.25) is 0 Å². The van der Waals surface area contributed by atoms with Gasteiger partial charge in [0, 0.05) is 6.04 Å². The molecule has 1 aromatic carbocycles. The third-order valence-corrected chi connectivity index (χ3v) is 4.18. The van der Waals surface area contributed by atoms with E-state index in [9.17, 15) is 5.11 Å². The van der Waals surface area contributed by atoms with Crippen molar-refractivity contribution < 1.29 is 5.11 Å². The first-order valence-electron chi connectivity index (χ1n) is 7.01. The van der Waals surface area contributed by atoms with Crippen molar-refractivity contribution in [2.45, 2.75) is 58.0 Å². The maximum Gasteiger partial charge on any atom is 0.0652 e. The molecule has 1 atom stereocenters. The Labute approximate surface area is 110 Å². The first-order valence-corrected chi connectivity index (χ1v) is 7.01. The van der Waals surface area contributed by atoms with Crippen LogP contribution in [0.15, 0.2) is 18.2 Å². The van der Waals surface area contributed by atoms with Crippen molar-refractivity contribution in [3.05, 3.63) is 34.9 Å². The zero-order valence-electron chi connectivity index (χ0n) is 11.8. The van der Waals surface area contributed by atoms with Gasteiger partial charge in [0.2, 0.25) is 0 Å². The summed E-state index contributed by atoms with van der Waals surface area (Å²) < 4.78 is 0. The molecule has 1 saturated carbocycles. The fraction of sp³-hybridized carbons (Fsp3) is 0.625. The SMILES string of the molecule is Cc1ccc(C)c(C(C)(CO)NC2CCCC2)c1. The maximum absolute atomic E-state index is 9.85. The Morgan fingerprint density at radius 3 is 2.56 bits per heavy atom. The second kappa shape index (κ2) is 5.41. The molecule has 18 heavy (non-hydrogen) atoms. The monoisotopic (exact) mass is 247 g/mol. The average molecular weight is 247 g/mol. The molecule has 0 radical (unpaired) electrons. The van der Waals surface area contributed by atoms with E-state index in [1.807, 2.05) is 0 Å². The van der Waals surface area contributed by atoms with Gasteiger partial charge >= 0.3 is 0 Å². The summed E-state index contributed by atoms with van der Waals surface area (Å²) in [6.07, 6.45) is 5.10. The molecule has 1 aromatic rings. The molecule has 2 rings (SSSR count). The lowest BCUT2D eigenvalue weighted by Gasteiger charge is -2.34. The van der Waals surface area contributed by atoms with E-state index in [1.165, 1.54) is 42.4 Å². The van der Waals surface area contributed by atoms with Crippen LogP contribution in [0.4, 0.5) is 0 Å². The highest BCUT2D eigenvalue weighted by molar-refractivity contribution is 5.36. The van der Waals surface area contributed by atoms with Gasteiger partial charge in [0.1, 0.15) is 0 Å². The van der Waals surface area contributed by atoms with E-state index in [4.69, 9.17) is 0 Å². The van der Waals surface area contributed by atoms with Gasteiger partial charge in [-0.15, -0.1) is 0 Å². The standard InChI is InChI=1S/C16H25NO/c1-12-8-9-13(2)15(10-12)16(3,11-18)17-14-6-4-5-7-14/h8-10,14,17-18H,4-7,11H2,1-3H3. The smallest absolute Gasteiger partial charge is 0.0652 e. The van der Waals surface area contributed by atoms with E-state index in [-0.39, 0.29) is 12.1 Å². The summed E-state index contributed by atoms with van der Waals surface area (Å²) >= 11 is 0. The van der Waals surface area contributed by atoms with E-state index < -0.39 is 0 Å². The molecular formula is C16H25NO. The Morgan fingerprint density at radius 2 is 1.94 bits per heavy atom. The second-order valence-corrected chi connectivity index (χ2v) is 5.93. The van der Waals surface area contributed by atoms with Crippen molar-refractivity contribution >= 4 is 0 Å². The van der Waals surface area contributed by atoms with Gasteiger partial charge in [-0.05, 0) is 44.7 Å². The first-order chi connectivity index (χ1) is 8.55. The van der Waals surface area contributed by atoms with Crippen LogP contribution in [0, 0.1) is 13.8 Å². The maximum atomic E-state index is 9.85. The molecule has 1 fully saturated rings. The summed E-state index contributed by atoms with van der Waals surface area (Å²) in [5.41, 5.74) is 3.42. The average Bonchev–Trinajstić information content (AvgIpc) is 2.84. The molecule has 0 heterocycles. The van der Waals surface area contributed by atoms with Crippen LogP contribution in [-0.2, 0) is 5.54 Å². The number of hydrogen-bond acceptors (Lipinski definition) is 2. The number of aliphatic hydroxyl groups is 1. The minimum absolute atomic E-state index is 0.147. The Hall–Kier alpha value is -0.860. The van der Waals surface area contributed by atoms with Gasteiger partial charge in [-0.25, -0.2) is 0 Å². The van der Waals surface area contributed by atoms with Gasteiger partial charge in [-0.2, -0.15) is 0 Å². The predicted octanol–water partition coefficient (Wildman–Crippen LogP) is 3.04. The van der Waals surface area contributed by atoms with E-state index in [1.54, 1.807) is 0 Å². The van der Waals surface area contributed by atoms with Crippen LogP contribution in [0.3, 0.4) is 0 Å². The van der Waals surface area contributed by atoms with Crippen molar-refractivity contribution in [2.75, 3.05) is 6.61 Å². The molecule has 1 unspecified atom stereocenters. The highest BCUT2D eigenvalue weighted by Crippen LogP contribution is 2.28. The Balaban J connectivity index is 2.26. The highest BCUT2D eigenvalue weighted by Gasteiger charge is 2.31. The summed E-state index contributed by atoms with van der Waals surface area (Å²) in [5.74, 6) is 0. The Bertz CT molecular complexity index is 410. The van der Waals surface area contributed by atoms with Gasteiger partial charge in [-0.1, -0.05) is 36.6 Å². The van der Waals surface area contributed by atoms with Crippen LogP contribution in [0.1, 0.15) is 49.3 Å². The van der Waals surface area contributed by atoms with E-state index in [0.29, 0.717) is 6.04 Å². The molecule has 1 aliphatic carbocycles. The minimum Gasteiger partial charge on any atom is -0.394 e. The first kappa shape index (κ1) is 13.6. The van der Waals surface area contributed by atoms with E-state index >= 15 is 0 Å². The molecule has 0 saturated heterocycles. The molecule has 2 nitrogen and oxygen atoms in total. The number of benzene rings is 1. The van der Waals surface area contributed by atoms with Crippen molar-refractivity contribution in [2.24, 2.45) is 0 Å². The van der Waals surface area contributed by atoms with Gasteiger partial charge in [0.15, 0.2) is 0 Å². The van der Waals surface area contributed by atoms with Crippen LogP contribution in [-0.4, -0.2) is 17.8 Å². The summed E-state index contributed by atoms with van der Waals surface area (Å²) in [6, 6.07) is 7.04. The lowest BCUT2D eigenvalue weighted by atomic mass is 9.87. The van der Waals surface area contributed by atoms with Crippen molar-refractivity contribution in [3.63, 3.8) is 0 Å². The van der Waals surface area contributed by atoms with E-state index in [0.717, 1.165) is 0 Å². The van der Waals surface area contributed by atoms with Gasteiger partial charge in [0.25, 0.3) is 0 Å². The number of hydrogen-bond donors (Lipinski definition) is 2. The molecule has 2 N–H and O–H groups in total. The predicted molar refractivity (Wildman–Crippen MR) is 75.7 cm³/mol. The Morgan fingerprint density at radius 1 is 1.28 bits per heavy atom. The number of rotatable bonds is 4. The normalized spacial score (nSPS) is 20.0. The third-order valence-electron chi connectivity index (χ3n) is 4.18. The van der Waals surface area contributed by atoms with E-state index in [2.05, 4.69) is 44.3 Å². The fourth-order valence-electron chi connectivity index (χ4n) is 3.06. The van der Waals surface area contributed by atoms with Crippen LogP contribution < -0.4 is 5.32 Å². The molecule has 0 bridgehead atoms. The summed E-state index contributed by atoms with van der Waals surface area (Å²) in [5, 5.41) is 13.5. The van der Waals surface area contributed by atoms with Gasteiger partial charge < -0.3 is 10.4 Å². The molecule has 2 heteroatoms. The summed E-state index contributed by atoms with van der Waals surface area (Å²) in [6.45, 7) is 6.50. The third kappa shape index (κ3) is 2.76. The quantitative estimate of drug-likeness (QED) is 0.857. The topological polar surface area (TPSA) is 32.3 Å². The van der Waals surface area contributed by atoms with Crippen molar-refractivity contribution in [3.8, 4) is 0 Å². The summed E-state index contributed by atoms with van der Waals surface area (Å²) in [4.78, 5) is 0. The zero-order chi connectivity index (χ0) is 13.2. The largest absolute Gasteiger partial charge is 0.394 e. The molecular weight excluding hydrogens is 222 g/mol. The van der Waals surface area contributed by atoms with Crippen LogP contribution in [0.2, 0.25) is 0 Å².